The molecule has 174 valence electrons. The summed E-state index contributed by atoms with van der Waals surface area (Å²) in [4.78, 5) is 17.6. The van der Waals surface area contributed by atoms with Gasteiger partial charge in [-0.3, -0.25) is 9.78 Å². The van der Waals surface area contributed by atoms with Crippen molar-refractivity contribution in [2.24, 2.45) is 0 Å². The minimum absolute atomic E-state index is 0.172. The molecule has 1 fully saturated rings. The van der Waals surface area contributed by atoms with E-state index in [0.717, 1.165) is 17.8 Å². The average molecular weight is 498 g/mol. The molecule has 0 unspecified atom stereocenters. The predicted octanol–water partition coefficient (Wildman–Crippen LogP) is 4.59. The zero-order valence-corrected chi connectivity index (χ0v) is 20.7. The fourth-order valence-corrected chi connectivity index (χ4v) is 6.17. The first-order chi connectivity index (χ1) is 15.2. The predicted molar refractivity (Wildman–Crippen MR) is 129 cm³/mol. The number of piperidine rings is 1. The first-order valence-electron chi connectivity index (χ1n) is 10.8. The Hall–Kier alpha value is -1.67. The lowest BCUT2D eigenvalue weighted by molar-refractivity contribution is 0.0932. The molecular weight excluding hydrogens is 469 g/mol. The minimum Gasteiger partial charge on any atom is -0.351 e. The van der Waals surface area contributed by atoms with Crippen LogP contribution >= 0.6 is 23.2 Å². The van der Waals surface area contributed by atoms with Crippen molar-refractivity contribution in [1.82, 2.24) is 14.6 Å². The fraction of sp³-hybridized carbons (Fsp3) is 0.478. The topological polar surface area (TPSA) is 79.4 Å². The summed E-state index contributed by atoms with van der Waals surface area (Å²) in [6.07, 6.45) is 2.64. The van der Waals surface area contributed by atoms with Gasteiger partial charge in [-0.15, -0.1) is 0 Å². The number of sulfonamides is 1. The number of hydrogen-bond donors (Lipinski definition) is 1. The Morgan fingerprint density at radius 2 is 1.91 bits per heavy atom. The monoisotopic (exact) mass is 497 g/mol. The highest BCUT2D eigenvalue weighted by Crippen LogP contribution is 2.35. The normalized spacial score (nSPS) is 16.6. The molecule has 32 heavy (non-hydrogen) atoms. The van der Waals surface area contributed by atoms with Crippen molar-refractivity contribution in [3.8, 4) is 0 Å². The van der Waals surface area contributed by atoms with Gasteiger partial charge in [-0.25, -0.2) is 12.7 Å². The van der Waals surface area contributed by atoms with Gasteiger partial charge in [0.05, 0.1) is 16.3 Å². The molecule has 0 bridgehead atoms. The van der Waals surface area contributed by atoms with Crippen molar-refractivity contribution in [2.75, 3.05) is 25.4 Å². The van der Waals surface area contributed by atoms with Crippen LogP contribution in [-0.2, 0) is 15.4 Å². The van der Waals surface area contributed by atoms with Gasteiger partial charge in [0.25, 0.3) is 5.91 Å². The van der Waals surface area contributed by atoms with Crippen molar-refractivity contribution in [2.45, 2.75) is 44.9 Å². The molecule has 0 radical (unpaired) electrons. The first-order valence-corrected chi connectivity index (χ1v) is 13.2. The Morgan fingerprint density at radius 3 is 2.53 bits per heavy atom. The number of carbonyl (C=O) groups is 1. The van der Waals surface area contributed by atoms with E-state index in [1.807, 2.05) is 32.0 Å². The largest absolute Gasteiger partial charge is 0.351 e. The van der Waals surface area contributed by atoms with Crippen molar-refractivity contribution in [3.63, 3.8) is 0 Å². The molecule has 9 heteroatoms. The van der Waals surface area contributed by atoms with Crippen LogP contribution in [0, 0.1) is 6.92 Å². The maximum Gasteiger partial charge on any atom is 0.252 e. The maximum atomic E-state index is 12.8. The lowest BCUT2D eigenvalue weighted by Crippen LogP contribution is -2.51. The van der Waals surface area contributed by atoms with Crippen LogP contribution in [0.15, 0.2) is 36.4 Å². The quantitative estimate of drug-likeness (QED) is 0.578. The highest BCUT2D eigenvalue weighted by atomic mass is 35.5. The van der Waals surface area contributed by atoms with Crippen LogP contribution in [0.3, 0.4) is 0 Å². The molecule has 1 aromatic heterocycles. The Labute approximate surface area is 200 Å². The summed E-state index contributed by atoms with van der Waals surface area (Å²) in [5.41, 5.74) is 1.64. The summed E-state index contributed by atoms with van der Waals surface area (Å²) in [6, 6.07) is 10.6. The molecule has 2 aromatic rings. The number of hydrogen-bond acceptors (Lipinski definition) is 4. The number of aryl methyl sites for hydroxylation is 1. The first kappa shape index (κ1) is 25.0. The third-order valence-corrected chi connectivity index (χ3v) is 8.53. The summed E-state index contributed by atoms with van der Waals surface area (Å²) in [6.45, 7) is 5.05. The van der Waals surface area contributed by atoms with Gasteiger partial charge in [-0.1, -0.05) is 42.6 Å². The van der Waals surface area contributed by atoms with Crippen LogP contribution < -0.4 is 5.32 Å². The van der Waals surface area contributed by atoms with Crippen molar-refractivity contribution < 1.29 is 13.2 Å². The minimum atomic E-state index is -3.27. The Kier molecular flexibility index (Phi) is 8.20. The van der Waals surface area contributed by atoms with Gasteiger partial charge >= 0.3 is 0 Å². The Morgan fingerprint density at radius 1 is 1.19 bits per heavy atom. The van der Waals surface area contributed by atoms with Crippen molar-refractivity contribution >= 4 is 39.1 Å². The number of pyridine rings is 1. The lowest BCUT2D eigenvalue weighted by atomic mass is 9.75. The molecule has 6 nitrogen and oxygen atoms in total. The molecule has 3 rings (SSSR count). The van der Waals surface area contributed by atoms with Gasteiger partial charge in [0, 0.05) is 41.5 Å². The van der Waals surface area contributed by atoms with Crippen LogP contribution in [-0.4, -0.2) is 49.0 Å². The van der Waals surface area contributed by atoms with Gasteiger partial charge in [0.15, 0.2) is 0 Å². The van der Waals surface area contributed by atoms with E-state index in [4.69, 9.17) is 28.2 Å². The molecule has 2 heterocycles. The number of rotatable bonds is 8. The van der Waals surface area contributed by atoms with Gasteiger partial charge in [-0.2, -0.15) is 0 Å². The van der Waals surface area contributed by atoms with Crippen molar-refractivity contribution in [3.05, 3.63) is 63.4 Å². The number of unbranched alkanes of at least 4 members (excludes halogenated alkanes) is 1. The zero-order chi connectivity index (χ0) is 23.4. The molecule has 1 saturated heterocycles. The van der Waals surface area contributed by atoms with Crippen LogP contribution in [0.5, 0.6) is 0 Å². The lowest BCUT2D eigenvalue weighted by Gasteiger charge is -2.41. The maximum absolute atomic E-state index is 12.8. The third-order valence-electron chi connectivity index (χ3n) is 6.02. The van der Waals surface area contributed by atoms with Gasteiger partial charge in [0.2, 0.25) is 10.0 Å². The van der Waals surface area contributed by atoms with E-state index in [1.165, 1.54) is 6.07 Å². The number of nitrogens with zero attached hydrogens (tertiary/aromatic N) is 2. The van der Waals surface area contributed by atoms with Crippen LogP contribution in [0.2, 0.25) is 10.0 Å². The molecular formula is C23H29Cl2N3O3S. The Balaban J connectivity index is 1.80. The molecule has 0 spiro atoms. The molecule has 1 aliphatic rings. The van der Waals surface area contributed by atoms with Gasteiger partial charge in [0.1, 0.15) is 0 Å². The molecule has 1 amide bonds. The molecule has 0 atom stereocenters. The summed E-state index contributed by atoms with van der Waals surface area (Å²) in [5.74, 6) is -0.123. The molecule has 0 aliphatic carbocycles. The number of aromatic nitrogens is 1. The van der Waals surface area contributed by atoms with Crippen LogP contribution in [0.4, 0.5) is 0 Å². The van der Waals surface area contributed by atoms with E-state index < -0.39 is 15.4 Å². The smallest absolute Gasteiger partial charge is 0.252 e. The third kappa shape index (κ3) is 5.81. The second-order valence-corrected chi connectivity index (χ2v) is 11.3. The van der Waals surface area contributed by atoms with E-state index >= 15 is 0 Å². The summed E-state index contributed by atoms with van der Waals surface area (Å²) < 4.78 is 26.9. The Bertz CT molecular complexity index is 1070. The van der Waals surface area contributed by atoms with E-state index in [0.29, 0.717) is 49.5 Å². The van der Waals surface area contributed by atoms with Crippen molar-refractivity contribution in [1.29, 1.82) is 0 Å². The number of halogens is 2. The molecule has 0 saturated carbocycles. The number of carbonyl (C=O) groups excluding carboxylic acids is 1. The molecule has 1 aliphatic heterocycles. The molecule has 1 aromatic carbocycles. The highest BCUT2D eigenvalue weighted by Gasteiger charge is 2.40. The van der Waals surface area contributed by atoms with E-state index in [9.17, 15) is 13.2 Å². The summed E-state index contributed by atoms with van der Waals surface area (Å²) >= 11 is 12.1. The van der Waals surface area contributed by atoms with E-state index in [-0.39, 0.29) is 16.7 Å². The number of nitrogens with one attached hydrogen (secondary N) is 1. The second kappa shape index (κ2) is 10.5. The zero-order valence-electron chi connectivity index (χ0n) is 18.4. The van der Waals surface area contributed by atoms with Gasteiger partial charge in [-0.05, 0) is 56.5 Å². The van der Waals surface area contributed by atoms with E-state index in [1.54, 1.807) is 16.4 Å². The highest BCUT2D eigenvalue weighted by molar-refractivity contribution is 7.89. The number of benzene rings is 1. The summed E-state index contributed by atoms with van der Waals surface area (Å²) in [7, 11) is -3.27. The average Bonchev–Trinajstić information content (AvgIpc) is 2.76. The van der Waals surface area contributed by atoms with Crippen LogP contribution in [0.25, 0.3) is 0 Å². The van der Waals surface area contributed by atoms with Crippen LogP contribution in [0.1, 0.15) is 54.4 Å². The molecule has 1 N–H and O–H groups in total. The van der Waals surface area contributed by atoms with E-state index in [2.05, 4.69) is 5.32 Å². The number of amides is 1. The summed E-state index contributed by atoms with van der Waals surface area (Å²) in [5, 5.41) is 3.75. The fourth-order valence-electron chi connectivity index (χ4n) is 4.03. The SMILES string of the molecule is CCCCS(=O)(=O)N1CCC(CNC(=O)c2ccc(Cl)cc2Cl)(c2cccc(C)n2)CC1. The standard InChI is InChI=1S/C23H29Cl2N3O3S/c1-3-4-14-32(30,31)28-12-10-23(11-13-28,21-7-5-6-17(2)27-21)16-26-22(29)19-9-8-18(24)15-20(19)25/h5-9,15H,3-4,10-14,16H2,1-2H3,(H,26,29). The second-order valence-electron chi connectivity index (χ2n) is 8.32. The van der Waals surface area contributed by atoms with Gasteiger partial charge < -0.3 is 5.32 Å².